The maximum Gasteiger partial charge on any atom is 0.138 e. The fraction of sp³-hybridized carbons (Fsp3) is 0.500. The third-order valence-electron chi connectivity index (χ3n) is 5.23. The van der Waals surface area contributed by atoms with E-state index in [2.05, 4.69) is 14.9 Å². The summed E-state index contributed by atoms with van der Waals surface area (Å²) in [6.45, 7) is 3.70. The predicted octanol–water partition coefficient (Wildman–Crippen LogP) is 3.15. The van der Waals surface area contributed by atoms with Crippen LogP contribution in [0.2, 0.25) is 5.02 Å². The second-order valence-electron chi connectivity index (χ2n) is 6.53. The minimum Gasteiger partial charge on any atom is -0.491 e. The number of H-pyrrole nitrogens is 1. The maximum absolute atomic E-state index is 13.1. The van der Waals surface area contributed by atoms with Gasteiger partial charge in [-0.05, 0) is 31.0 Å². The quantitative estimate of drug-likeness (QED) is 0.904. The van der Waals surface area contributed by atoms with E-state index in [1.807, 2.05) is 0 Å². The molecule has 0 atom stereocenters. The monoisotopic (exact) mass is 365 g/mol. The van der Waals surface area contributed by atoms with Crippen molar-refractivity contribution in [1.82, 2.24) is 14.9 Å². The molecule has 5 nitrogen and oxygen atoms in total. The number of imidazole rings is 1. The molecule has 0 aliphatic carbocycles. The van der Waals surface area contributed by atoms with Gasteiger partial charge in [0.1, 0.15) is 18.2 Å². The highest BCUT2D eigenvalue weighted by Crippen LogP contribution is 2.41. The number of fused-ring (bicyclic) bond motifs is 2. The topological polar surface area (TPSA) is 50.4 Å². The summed E-state index contributed by atoms with van der Waals surface area (Å²) in [6, 6.07) is 4.20. The molecule has 1 fully saturated rings. The molecule has 2 aliphatic rings. The highest BCUT2D eigenvalue weighted by Gasteiger charge is 2.45. The number of nitrogens with zero attached hydrogens (tertiary/aromatic N) is 2. The minimum atomic E-state index is -0.361. The van der Waals surface area contributed by atoms with Crippen LogP contribution in [0.3, 0.4) is 0 Å². The molecule has 3 heterocycles. The van der Waals surface area contributed by atoms with Gasteiger partial charge in [-0.25, -0.2) is 9.37 Å². The zero-order valence-corrected chi connectivity index (χ0v) is 14.7. The first-order valence-electron chi connectivity index (χ1n) is 8.62. The lowest BCUT2D eigenvalue weighted by molar-refractivity contribution is -0.0447. The van der Waals surface area contributed by atoms with E-state index >= 15 is 0 Å². The summed E-state index contributed by atoms with van der Waals surface area (Å²) < 4.78 is 24.5. The first kappa shape index (κ1) is 16.8. The van der Waals surface area contributed by atoms with Gasteiger partial charge in [0, 0.05) is 38.4 Å². The van der Waals surface area contributed by atoms with Gasteiger partial charge in [0.05, 0.1) is 22.6 Å². The Bertz CT molecular complexity index is 746. The normalized spacial score (nSPS) is 19.8. The molecular weight excluding hydrogens is 345 g/mol. The average Bonchev–Trinajstić information content (AvgIpc) is 3.10. The standard InChI is InChI=1S/C18H21ClFN3O2/c19-14-11-13(20)1-2-16(14)25-10-7-23-6-3-15-17(22-12-21-15)18(23)4-8-24-9-5-18/h1-2,11-12H,3-10H2,(H,21,22). The van der Waals surface area contributed by atoms with Crippen LogP contribution in [-0.2, 0) is 16.7 Å². The number of benzene rings is 1. The maximum atomic E-state index is 13.1. The molecule has 1 aromatic heterocycles. The van der Waals surface area contributed by atoms with Crippen LogP contribution in [0.4, 0.5) is 4.39 Å². The highest BCUT2D eigenvalue weighted by atomic mass is 35.5. The number of hydrogen-bond acceptors (Lipinski definition) is 4. The largest absolute Gasteiger partial charge is 0.491 e. The Morgan fingerprint density at radius 3 is 3.00 bits per heavy atom. The van der Waals surface area contributed by atoms with Crippen LogP contribution in [-0.4, -0.2) is 47.8 Å². The molecule has 2 aromatic rings. The molecule has 2 aliphatic heterocycles. The molecule has 134 valence electrons. The number of hydrogen-bond donors (Lipinski definition) is 1. The van der Waals surface area contributed by atoms with Crippen molar-refractivity contribution < 1.29 is 13.9 Å². The van der Waals surface area contributed by atoms with Crippen molar-refractivity contribution in [3.63, 3.8) is 0 Å². The van der Waals surface area contributed by atoms with E-state index in [9.17, 15) is 4.39 Å². The Morgan fingerprint density at radius 2 is 2.20 bits per heavy atom. The van der Waals surface area contributed by atoms with Crippen LogP contribution < -0.4 is 4.74 Å². The van der Waals surface area contributed by atoms with E-state index in [0.29, 0.717) is 17.4 Å². The summed E-state index contributed by atoms with van der Waals surface area (Å²) in [7, 11) is 0. The van der Waals surface area contributed by atoms with Gasteiger partial charge < -0.3 is 14.5 Å². The molecule has 0 amide bonds. The minimum absolute atomic E-state index is 0.0816. The summed E-state index contributed by atoms with van der Waals surface area (Å²) in [6.07, 6.45) is 4.61. The first-order valence-corrected chi connectivity index (χ1v) is 9.00. The SMILES string of the molecule is Fc1ccc(OCCN2CCc3[nH]cnc3C23CCOCC3)c(Cl)c1. The Hall–Kier alpha value is -1.63. The fourth-order valence-corrected chi connectivity index (χ4v) is 4.19. The molecule has 0 bridgehead atoms. The summed E-state index contributed by atoms with van der Waals surface area (Å²) in [4.78, 5) is 10.4. The molecule has 1 N–H and O–H groups in total. The Labute approximate surface area is 151 Å². The molecular formula is C18H21ClFN3O2. The smallest absolute Gasteiger partial charge is 0.138 e. The van der Waals surface area contributed by atoms with E-state index in [1.165, 1.54) is 17.8 Å². The molecule has 4 rings (SSSR count). The lowest BCUT2D eigenvalue weighted by Crippen LogP contribution is -2.54. The predicted molar refractivity (Wildman–Crippen MR) is 92.5 cm³/mol. The zero-order valence-electron chi connectivity index (χ0n) is 13.9. The number of ether oxygens (including phenoxy) is 2. The van der Waals surface area contributed by atoms with Crippen molar-refractivity contribution in [2.75, 3.05) is 32.9 Å². The number of rotatable bonds is 4. The van der Waals surface area contributed by atoms with Gasteiger partial charge in [-0.15, -0.1) is 0 Å². The van der Waals surface area contributed by atoms with E-state index in [4.69, 9.17) is 21.1 Å². The zero-order chi connectivity index (χ0) is 17.3. The number of halogens is 2. The van der Waals surface area contributed by atoms with Crippen molar-refractivity contribution in [1.29, 1.82) is 0 Å². The summed E-state index contributed by atoms with van der Waals surface area (Å²) >= 11 is 6.04. The summed E-state index contributed by atoms with van der Waals surface area (Å²) in [5.74, 6) is 0.155. The lowest BCUT2D eigenvalue weighted by Gasteiger charge is -2.48. The van der Waals surface area contributed by atoms with E-state index < -0.39 is 0 Å². The Balaban J connectivity index is 1.48. The van der Waals surface area contributed by atoms with Crippen molar-refractivity contribution in [3.05, 3.63) is 46.8 Å². The molecule has 0 saturated carbocycles. The van der Waals surface area contributed by atoms with Gasteiger partial charge in [0.2, 0.25) is 0 Å². The van der Waals surface area contributed by atoms with Crippen molar-refractivity contribution in [2.45, 2.75) is 24.8 Å². The fourth-order valence-electron chi connectivity index (χ4n) is 3.97. The van der Waals surface area contributed by atoms with Gasteiger partial charge in [-0.2, -0.15) is 0 Å². The van der Waals surface area contributed by atoms with Crippen LogP contribution >= 0.6 is 11.6 Å². The van der Waals surface area contributed by atoms with Crippen LogP contribution in [0.25, 0.3) is 0 Å². The summed E-state index contributed by atoms with van der Waals surface area (Å²) in [5.41, 5.74) is 2.31. The Kier molecular flexibility index (Phi) is 4.67. The molecule has 1 aromatic carbocycles. The van der Waals surface area contributed by atoms with E-state index in [-0.39, 0.29) is 11.4 Å². The molecule has 0 radical (unpaired) electrons. The van der Waals surface area contributed by atoms with Gasteiger partial charge in [-0.1, -0.05) is 11.6 Å². The number of aromatic amines is 1. The van der Waals surface area contributed by atoms with Crippen molar-refractivity contribution in [2.24, 2.45) is 0 Å². The number of nitrogens with one attached hydrogen (secondary N) is 1. The first-order chi connectivity index (χ1) is 12.2. The van der Waals surface area contributed by atoms with E-state index in [0.717, 1.165) is 51.3 Å². The van der Waals surface area contributed by atoms with Gasteiger partial charge in [0.15, 0.2) is 0 Å². The van der Waals surface area contributed by atoms with Crippen LogP contribution in [0.1, 0.15) is 24.2 Å². The van der Waals surface area contributed by atoms with Crippen LogP contribution in [0.15, 0.2) is 24.5 Å². The lowest BCUT2D eigenvalue weighted by atomic mass is 9.80. The van der Waals surface area contributed by atoms with Gasteiger partial charge in [0.25, 0.3) is 0 Å². The average molecular weight is 366 g/mol. The summed E-state index contributed by atoms with van der Waals surface area (Å²) in [5, 5.41) is 0.300. The second-order valence-corrected chi connectivity index (χ2v) is 6.94. The van der Waals surface area contributed by atoms with Gasteiger partial charge >= 0.3 is 0 Å². The molecule has 0 unspecified atom stereocenters. The highest BCUT2D eigenvalue weighted by molar-refractivity contribution is 6.32. The Morgan fingerprint density at radius 1 is 1.36 bits per heavy atom. The molecule has 1 saturated heterocycles. The van der Waals surface area contributed by atoms with Gasteiger partial charge in [-0.3, -0.25) is 4.90 Å². The third-order valence-corrected chi connectivity index (χ3v) is 5.52. The van der Waals surface area contributed by atoms with Crippen molar-refractivity contribution in [3.8, 4) is 5.75 Å². The van der Waals surface area contributed by atoms with Crippen LogP contribution in [0.5, 0.6) is 5.75 Å². The van der Waals surface area contributed by atoms with Crippen LogP contribution in [0, 0.1) is 5.82 Å². The van der Waals surface area contributed by atoms with E-state index in [1.54, 1.807) is 12.4 Å². The molecule has 7 heteroatoms. The molecule has 25 heavy (non-hydrogen) atoms. The molecule has 1 spiro atoms. The van der Waals surface area contributed by atoms with Crippen molar-refractivity contribution >= 4 is 11.6 Å². The number of aromatic nitrogens is 2. The third kappa shape index (κ3) is 3.14. The second kappa shape index (κ2) is 6.94.